The number of aromatic amines is 1. The number of carbonyl (C=O) groups is 1. The Morgan fingerprint density at radius 3 is 2.79 bits per heavy atom. The minimum absolute atomic E-state index is 0.149. The minimum Gasteiger partial charge on any atom is -0.480 e. The van der Waals surface area contributed by atoms with Crippen LogP contribution in [-0.2, 0) is 17.8 Å². The minimum atomic E-state index is -0.487. The summed E-state index contributed by atoms with van der Waals surface area (Å²) in [5, 5.41) is 9.87. The van der Waals surface area contributed by atoms with Crippen LogP contribution in [0, 0.1) is 0 Å². The number of rotatable bonds is 4. The van der Waals surface area contributed by atoms with Crippen LogP contribution in [-0.4, -0.2) is 27.2 Å². The lowest BCUT2D eigenvalue weighted by Crippen LogP contribution is -2.37. The van der Waals surface area contributed by atoms with E-state index >= 15 is 0 Å². The molecule has 0 bridgehead atoms. The third kappa shape index (κ3) is 2.86. The predicted octanol–water partition coefficient (Wildman–Crippen LogP) is 2.09. The maximum Gasteiger partial charge on any atom is 0.261 e. The molecule has 0 spiro atoms. The van der Waals surface area contributed by atoms with Crippen LogP contribution in [0.25, 0.3) is 11.4 Å². The van der Waals surface area contributed by atoms with Gasteiger partial charge >= 0.3 is 0 Å². The Morgan fingerprint density at radius 1 is 1.17 bits per heavy atom. The Labute approximate surface area is 138 Å². The van der Waals surface area contributed by atoms with Gasteiger partial charge < -0.3 is 10.1 Å². The summed E-state index contributed by atoms with van der Waals surface area (Å²) in [5.74, 6) is 1.86. The van der Waals surface area contributed by atoms with E-state index in [1.54, 1.807) is 0 Å². The SMILES string of the molecule is O=C(NCc1nc(-c2ccccc2)n[nH]1)C1Cc2ccccc2O1. The summed E-state index contributed by atoms with van der Waals surface area (Å²) in [6.45, 7) is 0.287. The normalized spacial score (nSPS) is 15.6. The van der Waals surface area contributed by atoms with E-state index in [-0.39, 0.29) is 12.5 Å². The molecule has 1 atom stereocenters. The smallest absolute Gasteiger partial charge is 0.261 e. The third-order valence-electron chi connectivity index (χ3n) is 3.93. The van der Waals surface area contributed by atoms with E-state index in [0.717, 1.165) is 16.9 Å². The largest absolute Gasteiger partial charge is 0.480 e. The Kier molecular flexibility index (Phi) is 3.70. The molecular weight excluding hydrogens is 304 g/mol. The molecule has 0 aliphatic carbocycles. The highest BCUT2D eigenvalue weighted by Crippen LogP contribution is 2.28. The van der Waals surface area contributed by atoms with E-state index in [9.17, 15) is 4.79 Å². The van der Waals surface area contributed by atoms with Crippen LogP contribution in [0.4, 0.5) is 0 Å². The summed E-state index contributed by atoms with van der Waals surface area (Å²) >= 11 is 0. The standard InChI is InChI=1S/C18H16N4O2/c23-18(15-10-13-8-4-5-9-14(13)24-15)19-11-16-20-17(22-21-16)12-6-2-1-3-7-12/h1-9,15H,10-11H2,(H,19,23)(H,20,21,22). The first-order chi connectivity index (χ1) is 11.8. The Balaban J connectivity index is 1.36. The van der Waals surface area contributed by atoms with Crippen LogP contribution in [0.5, 0.6) is 5.75 Å². The molecule has 1 aromatic heterocycles. The molecular formula is C18H16N4O2. The lowest BCUT2D eigenvalue weighted by molar-refractivity contribution is -0.127. The molecule has 120 valence electrons. The van der Waals surface area contributed by atoms with Gasteiger partial charge in [0.1, 0.15) is 11.6 Å². The average molecular weight is 320 g/mol. The molecule has 1 aliphatic rings. The van der Waals surface area contributed by atoms with Crippen molar-refractivity contribution in [2.45, 2.75) is 19.1 Å². The van der Waals surface area contributed by atoms with Gasteiger partial charge in [-0.25, -0.2) is 4.98 Å². The van der Waals surface area contributed by atoms with Crippen LogP contribution in [0.1, 0.15) is 11.4 Å². The van der Waals surface area contributed by atoms with Crippen molar-refractivity contribution in [2.24, 2.45) is 0 Å². The quantitative estimate of drug-likeness (QED) is 0.771. The second-order valence-corrected chi connectivity index (χ2v) is 5.61. The molecule has 0 saturated heterocycles. The second kappa shape index (κ2) is 6.16. The van der Waals surface area contributed by atoms with Crippen molar-refractivity contribution in [3.63, 3.8) is 0 Å². The van der Waals surface area contributed by atoms with Crippen molar-refractivity contribution >= 4 is 5.91 Å². The maximum atomic E-state index is 12.3. The van der Waals surface area contributed by atoms with Crippen LogP contribution in [0.15, 0.2) is 54.6 Å². The molecule has 2 N–H and O–H groups in total. The molecule has 6 heteroatoms. The highest BCUT2D eigenvalue weighted by Gasteiger charge is 2.28. The molecule has 2 heterocycles. The van der Waals surface area contributed by atoms with Gasteiger partial charge in [0, 0.05) is 12.0 Å². The fourth-order valence-corrected chi connectivity index (χ4v) is 2.70. The molecule has 24 heavy (non-hydrogen) atoms. The van der Waals surface area contributed by atoms with Crippen LogP contribution >= 0.6 is 0 Å². The number of hydrogen-bond donors (Lipinski definition) is 2. The summed E-state index contributed by atoms with van der Waals surface area (Å²) in [6.07, 6.45) is 0.104. The van der Waals surface area contributed by atoms with Gasteiger partial charge in [-0.2, -0.15) is 5.10 Å². The highest BCUT2D eigenvalue weighted by atomic mass is 16.5. The molecule has 6 nitrogen and oxygen atoms in total. The Bertz CT molecular complexity index is 835. The number of para-hydroxylation sites is 1. The number of ether oxygens (including phenoxy) is 1. The summed E-state index contributed by atoms with van der Waals surface area (Å²) in [4.78, 5) is 16.7. The van der Waals surface area contributed by atoms with Gasteiger partial charge in [0.05, 0.1) is 6.54 Å². The summed E-state index contributed by atoms with van der Waals surface area (Å²) in [6, 6.07) is 17.4. The number of H-pyrrole nitrogens is 1. The molecule has 0 saturated carbocycles. The van der Waals surface area contributed by atoms with Gasteiger partial charge in [0.2, 0.25) is 0 Å². The van der Waals surface area contributed by atoms with Crippen LogP contribution < -0.4 is 10.1 Å². The molecule has 0 fully saturated rings. The average Bonchev–Trinajstić information content (AvgIpc) is 3.27. The molecule has 2 aromatic carbocycles. The Hall–Kier alpha value is -3.15. The van der Waals surface area contributed by atoms with Gasteiger partial charge in [-0.3, -0.25) is 9.89 Å². The maximum absolute atomic E-state index is 12.3. The van der Waals surface area contributed by atoms with Crippen LogP contribution in [0.2, 0.25) is 0 Å². The Morgan fingerprint density at radius 2 is 1.96 bits per heavy atom. The molecule has 4 rings (SSSR count). The van der Waals surface area contributed by atoms with Crippen molar-refractivity contribution in [1.82, 2.24) is 20.5 Å². The number of amides is 1. The zero-order chi connectivity index (χ0) is 16.4. The van der Waals surface area contributed by atoms with Crippen molar-refractivity contribution in [1.29, 1.82) is 0 Å². The zero-order valence-electron chi connectivity index (χ0n) is 12.9. The van der Waals surface area contributed by atoms with E-state index in [2.05, 4.69) is 20.5 Å². The number of benzene rings is 2. The molecule has 3 aromatic rings. The van der Waals surface area contributed by atoms with E-state index in [0.29, 0.717) is 18.1 Å². The number of carbonyl (C=O) groups excluding carboxylic acids is 1. The highest BCUT2D eigenvalue weighted by molar-refractivity contribution is 5.82. The van der Waals surface area contributed by atoms with Crippen molar-refractivity contribution in [3.8, 4) is 17.1 Å². The fourth-order valence-electron chi connectivity index (χ4n) is 2.70. The van der Waals surface area contributed by atoms with Crippen molar-refractivity contribution in [2.75, 3.05) is 0 Å². The van der Waals surface area contributed by atoms with E-state index < -0.39 is 6.10 Å². The number of nitrogens with zero attached hydrogens (tertiary/aromatic N) is 2. The van der Waals surface area contributed by atoms with E-state index in [1.165, 1.54) is 0 Å². The summed E-state index contributed by atoms with van der Waals surface area (Å²) < 4.78 is 5.67. The number of hydrogen-bond acceptors (Lipinski definition) is 4. The summed E-state index contributed by atoms with van der Waals surface area (Å²) in [7, 11) is 0. The first kappa shape index (κ1) is 14.4. The third-order valence-corrected chi connectivity index (χ3v) is 3.93. The number of nitrogens with one attached hydrogen (secondary N) is 2. The number of aromatic nitrogens is 3. The summed E-state index contributed by atoms with van der Waals surface area (Å²) in [5.41, 5.74) is 1.99. The van der Waals surface area contributed by atoms with E-state index in [1.807, 2.05) is 54.6 Å². The lowest BCUT2D eigenvalue weighted by Gasteiger charge is -2.10. The first-order valence-corrected chi connectivity index (χ1v) is 7.78. The molecule has 1 unspecified atom stereocenters. The van der Waals surface area contributed by atoms with Gasteiger partial charge in [-0.1, -0.05) is 48.5 Å². The van der Waals surface area contributed by atoms with Gasteiger partial charge in [0.15, 0.2) is 11.9 Å². The first-order valence-electron chi connectivity index (χ1n) is 7.78. The van der Waals surface area contributed by atoms with Gasteiger partial charge in [-0.05, 0) is 11.6 Å². The van der Waals surface area contributed by atoms with Crippen molar-refractivity contribution in [3.05, 3.63) is 66.0 Å². The fraction of sp³-hybridized carbons (Fsp3) is 0.167. The monoisotopic (exact) mass is 320 g/mol. The molecule has 0 radical (unpaired) electrons. The van der Waals surface area contributed by atoms with Gasteiger partial charge in [0.25, 0.3) is 5.91 Å². The zero-order valence-corrected chi connectivity index (χ0v) is 12.9. The van der Waals surface area contributed by atoms with Crippen molar-refractivity contribution < 1.29 is 9.53 Å². The lowest BCUT2D eigenvalue weighted by atomic mass is 10.1. The topological polar surface area (TPSA) is 79.9 Å². The molecule has 1 amide bonds. The van der Waals surface area contributed by atoms with E-state index in [4.69, 9.17) is 4.74 Å². The van der Waals surface area contributed by atoms with Gasteiger partial charge in [-0.15, -0.1) is 0 Å². The van der Waals surface area contributed by atoms with Crippen LogP contribution in [0.3, 0.4) is 0 Å². The predicted molar refractivity (Wildman–Crippen MR) is 88.2 cm³/mol. The molecule has 1 aliphatic heterocycles. The second-order valence-electron chi connectivity index (χ2n) is 5.61. The number of fused-ring (bicyclic) bond motifs is 1.